The van der Waals surface area contributed by atoms with Gasteiger partial charge in [-0.2, -0.15) is 0 Å². The van der Waals surface area contributed by atoms with Crippen molar-refractivity contribution in [3.63, 3.8) is 0 Å². The Morgan fingerprint density at radius 3 is 1.13 bits per heavy atom. The van der Waals surface area contributed by atoms with Crippen LogP contribution in [0, 0.1) is 0 Å². The first-order chi connectivity index (χ1) is 6.48. The molecule has 0 aromatic rings. The van der Waals surface area contributed by atoms with Crippen molar-refractivity contribution in [2.45, 2.75) is 35.7 Å². The van der Waals surface area contributed by atoms with E-state index in [2.05, 4.69) is 0 Å². The number of aliphatic hydroxyl groups excluding tert-OH is 3. The van der Waals surface area contributed by atoms with Gasteiger partial charge in [-0.3, -0.25) is 0 Å². The Balaban J connectivity index is 3.27. The molecule has 0 amide bonds. The fourth-order valence-corrected chi connectivity index (χ4v) is 1.33. The van der Waals surface area contributed by atoms with Crippen LogP contribution >= 0.6 is 0 Å². The van der Waals surface area contributed by atoms with Crippen LogP contribution in [0.25, 0.3) is 0 Å². The van der Waals surface area contributed by atoms with Gasteiger partial charge in [0.2, 0.25) is 0 Å². The predicted molar refractivity (Wildman–Crippen MR) is 39.5 cm³/mol. The molecule has 15 heavy (non-hydrogen) atoms. The van der Waals surface area contributed by atoms with E-state index in [9.17, 15) is 0 Å². The Hall–Kier alpha value is -0.360. The maximum atomic E-state index is 9.01. The van der Waals surface area contributed by atoms with E-state index < -0.39 is 35.7 Å². The minimum atomic E-state index is -4.04. The van der Waals surface area contributed by atoms with Crippen LogP contribution in [-0.2, 0) is 0 Å². The highest BCUT2D eigenvalue weighted by Gasteiger charge is 2.74. The Bertz CT molecular complexity index is 235. The predicted octanol–water partition coefficient (Wildman–Crippen LogP) is -5.87. The zero-order chi connectivity index (χ0) is 12.2. The van der Waals surface area contributed by atoms with Gasteiger partial charge in [0.25, 0.3) is 17.4 Å². The number of rotatable bonds is 0. The third kappa shape index (κ3) is 1.30. The fraction of sp³-hybridized carbons (Fsp3) is 1.00. The first kappa shape index (κ1) is 12.7. The molecule has 0 unspecified atom stereocenters. The van der Waals surface area contributed by atoms with Crippen LogP contribution in [0.3, 0.4) is 0 Å². The fourth-order valence-electron chi connectivity index (χ4n) is 1.33. The molecule has 9 nitrogen and oxygen atoms in total. The average Bonchev–Trinajstić information content (AvgIpc) is 2.12. The van der Waals surface area contributed by atoms with Gasteiger partial charge >= 0.3 is 0 Å². The molecule has 0 aliphatic heterocycles. The lowest BCUT2D eigenvalue weighted by Gasteiger charge is -2.52. The van der Waals surface area contributed by atoms with E-state index >= 15 is 0 Å². The zero-order valence-electron chi connectivity index (χ0n) is 7.26. The van der Waals surface area contributed by atoms with Gasteiger partial charge in [-0.25, -0.2) is 0 Å². The maximum absolute atomic E-state index is 9.01. The van der Waals surface area contributed by atoms with E-state index in [1.807, 2.05) is 0 Å². The van der Waals surface area contributed by atoms with Gasteiger partial charge < -0.3 is 46.0 Å². The van der Waals surface area contributed by atoms with Crippen molar-refractivity contribution in [3.05, 3.63) is 0 Å². The summed E-state index contributed by atoms with van der Waals surface area (Å²) in [4.78, 5) is 0. The molecule has 0 bridgehead atoms. The van der Waals surface area contributed by atoms with E-state index in [-0.39, 0.29) is 0 Å². The molecule has 2 atom stereocenters. The third-order valence-electron chi connectivity index (χ3n) is 2.50. The van der Waals surface area contributed by atoms with Gasteiger partial charge in [0.1, 0.15) is 18.3 Å². The molecule has 1 fully saturated rings. The van der Waals surface area contributed by atoms with Gasteiger partial charge in [0.05, 0.1) is 0 Å². The van der Waals surface area contributed by atoms with Crippen molar-refractivity contribution in [2.24, 2.45) is 0 Å². The molecule has 0 saturated heterocycles. The summed E-state index contributed by atoms with van der Waals surface area (Å²) < 4.78 is 0. The normalized spacial score (nSPS) is 42.6. The molecule has 0 aromatic carbocycles. The van der Waals surface area contributed by atoms with Crippen LogP contribution in [-0.4, -0.2) is 81.6 Å². The lowest BCUT2D eigenvalue weighted by atomic mass is 9.77. The van der Waals surface area contributed by atoms with Crippen molar-refractivity contribution in [1.82, 2.24) is 0 Å². The van der Waals surface area contributed by atoms with Crippen LogP contribution in [0.15, 0.2) is 0 Å². The molecule has 1 aliphatic carbocycles. The summed E-state index contributed by atoms with van der Waals surface area (Å²) in [7, 11) is 0. The van der Waals surface area contributed by atoms with E-state index in [0.717, 1.165) is 0 Å². The molecule has 9 heteroatoms. The molecular weight excluding hydrogens is 216 g/mol. The Kier molecular flexibility index (Phi) is 2.60. The van der Waals surface area contributed by atoms with Gasteiger partial charge in [-0.05, 0) is 0 Å². The molecule has 1 rings (SSSR count). The zero-order valence-corrected chi connectivity index (χ0v) is 7.26. The van der Waals surface area contributed by atoms with Gasteiger partial charge in [0.15, 0.2) is 0 Å². The summed E-state index contributed by atoms with van der Waals surface area (Å²) in [6.45, 7) is 0. The monoisotopic (exact) mass is 228 g/mol. The molecule has 90 valence electrons. The average molecular weight is 228 g/mol. The van der Waals surface area contributed by atoms with Crippen molar-refractivity contribution in [1.29, 1.82) is 0 Å². The SMILES string of the molecule is OC1[C@@H](O)C(O)(O)C(O)(O)C(O)(O)[C@@H]1O. The highest BCUT2D eigenvalue weighted by molar-refractivity contribution is 5.10. The summed E-state index contributed by atoms with van der Waals surface area (Å²) >= 11 is 0. The van der Waals surface area contributed by atoms with Gasteiger partial charge in [0, 0.05) is 0 Å². The van der Waals surface area contributed by atoms with E-state index in [1.165, 1.54) is 0 Å². The van der Waals surface area contributed by atoms with Crippen LogP contribution < -0.4 is 0 Å². The highest BCUT2D eigenvalue weighted by atomic mass is 16.7. The minimum absolute atomic E-state index is 2.39. The van der Waals surface area contributed by atoms with Crippen LogP contribution in [0.5, 0.6) is 0 Å². The van der Waals surface area contributed by atoms with Gasteiger partial charge in [-0.1, -0.05) is 0 Å². The Morgan fingerprint density at radius 2 is 0.867 bits per heavy atom. The third-order valence-corrected chi connectivity index (χ3v) is 2.50. The van der Waals surface area contributed by atoms with Crippen LogP contribution in [0.1, 0.15) is 0 Å². The smallest absolute Gasteiger partial charge is 0.279 e. The molecule has 0 heterocycles. The van der Waals surface area contributed by atoms with E-state index in [4.69, 9.17) is 46.0 Å². The first-order valence-electron chi connectivity index (χ1n) is 3.86. The lowest BCUT2D eigenvalue weighted by Crippen LogP contribution is -2.83. The van der Waals surface area contributed by atoms with E-state index in [0.29, 0.717) is 0 Å². The molecule has 1 aliphatic rings. The van der Waals surface area contributed by atoms with Crippen molar-refractivity contribution in [3.8, 4) is 0 Å². The second kappa shape index (κ2) is 3.07. The second-order valence-electron chi connectivity index (χ2n) is 3.50. The number of hydrogen-bond donors (Lipinski definition) is 9. The molecular formula is C6H12O9. The Morgan fingerprint density at radius 1 is 0.600 bits per heavy atom. The summed E-state index contributed by atoms with van der Waals surface area (Å²) in [6, 6.07) is 0. The van der Waals surface area contributed by atoms with Crippen molar-refractivity contribution in [2.75, 3.05) is 0 Å². The van der Waals surface area contributed by atoms with Crippen LogP contribution in [0.2, 0.25) is 0 Å². The second-order valence-corrected chi connectivity index (χ2v) is 3.50. The molecule has 1 saturated carbocycles. The Labute approximate surface area is 82.7 Å². The number of hydrogen-bond acceptors (Lipinski definition) is 9. The summed E-state index contributed by atoms with van der Waals surface area (Å²) in [5.41, 5.74) is 0. The molecule has 9 N–H and O–H groups in total. The van der Waals surface area contributed by atoms with Gasteiger partial charge in [-0.15, -0.1) is 0 Å². The molecule has 0 radical (unpaired) electrons. The van der Waals surface area contributed by atoms with Crippen LogP contribution in [0.4, 0.5) is 0 Å². The minimum Gasteiger partial charge on any atom is -0.387 e. The topological polar surface area (TPSA) is 182 Å². The van der Waals surface area contributed by atoms with E-state index in [1.54, 1.807) is 0 Å². The summed E-state index contributed by atoms with van der Waals surface area (Å²) in [5.74, 6) is -11.7. The molecule has 0 aromatic heterocycles. The first-order valence-corrected chi connectivity index (χ1v) is 3.86. The summed E-state index contributed by atoms with van der Waals surface area (Å²) in [5, 5.41) is 81.0. The summed E-state index contributed by atoms with van der Waals surface area (Å²) in [6.07, 6.45) is -7.59. The lowest BCUT2D eigenvalue weighted by molar-refractivity contribution is -0.508. The van der Waals surface area contributed by atoms with Crippen molar-refractivity contribution < 1.29 is 46.0 Å². The molecule has 0 spiro atoms. The highest BCUT2D eigenvalue weighted by Crippen LogP contribution is 2.39. The maximum Gasteiger partial charge on any atom is 0.279 e. The standard InChI is InChI=1S/C6H12O9/c7-1-2(8)4(10,11)6(14,15)5(12,13)3(1)9/h1-3,7-15H/t2-,3-/m1/s1. The number of aliphatic hydroxyl groups is 9. The largest absolute Gasteiger partial charge is 0.387 e. The van der Waals surface area contributed by atoms with Crippen molar-refractivity contribution >= 4 is 0 Å². The quantitative estimate of drug-likeness (QED) is 0.182.